The number of esters is 1. The number of aliphatic hydroxyl groups excluding tert-OH is 2. The van der Waals surface area contributed by atoms with Gasteiger partial charge in [-0.1, -0.05) is 159 Å². The van der Waals surface area contributed by atoms with E-state index in [1.165, 1.54) is 83.5 Å². The van der Waals surface area contributed by atoms with Crippen LogP contribution in [0.4, 0.5) is 0 Å². The van der Waals surface area contributed by atoms with E-state index in [1.54, 1.807) is 0 Å². The summed E-state index contributed by atoms with van der Waals surface area (Å²) in [5.74, 6) is -0.422. The number of unbranched alkanes of at least 4 members (excludes halogenated alkanes) is 17. The highest BCUT2D eigenvalue weighted by molar-refractivity contribution is 7.47. The predicted molar refractivity (Wildman–Crippen MR) is 214 cm³/mol. The molecule has 1 unspecified atom stereocenters. The average molecular weight is 757 g/mol. The molecule has 0 fully saturated rings. The van der Waals surface area contributed by atoms with Crippen LogP contribution in [0.25, 0.3) is 0 Å². The van der Waals surface area contributed by atoms with Gasteiger partial charge in [0.15, 0.2) is 0 Å². The number of carbonyl (C=O) groups is 1. The summed E-state index contributed by atoms with van der Waals surface area (Å²) in [4.78, 5) is 22.5. The lowest BCUT2D eigenvalue weighted by Gasteiger charge is -2.20. The summed E-state index contributed by atoms with van der Waals surface area (Å²) in [5.41, 5.74) is 0. The molecule has 9 nitrogen and oxygen atoms in total. The van der Waals surface area contributed by atoms with Crippen molar-refractivity contribution in [3.8, 4) is 0 Å². The van der Waals surface area contributed by atoms with Crippen LogP contribution in [0, 0.1) is 0 Å². The Balaban J connectivity index is 4.25. The normalized spacial score (nSPS) is 14.6. The molecule has 0 aliphatic rings. The van der Waals surface area contributed by atoms with Crippen molar-refractivity contribution in [2.24, 2.45) is 0 Å². The third-order valence-electron chi connectivity index (χ3n) is 8.53. The molecule has 0 bridgehead atoms. The van der Waals surface area contributed by atoms with E-state index in [2.05, 4.69) is 62.5 Å². The number of phosphoric ester groups is 1. The molecule has 0 amide bonds. The van der Waals surface area contributed by atoms with E-state index in [9.17, 15) is 19.4 Å². The summed E-state index contributed by atoms with van der Waals surface area (Å²) in [7, 11) is -4.52. The number of allylic oxidation sites excluding steroid dienone is 8. The summed E-state index contributed by atoms with van der Waals surface area (Å²) in [5, 5.41) is 18.3. The van der Waals surface area contributed by atoms with Gasteiger partial charge in [0.25, 0.3) is 0 Å². The van der Waals surface area contributed by atoms with E-state index in [0.29, 0.717) is 13.0 Å². The molecule has 0 aromatic rings. The van der Waals surface area contributed by atoms with Gasteiger partial charge in [-0.3, -0.25) is 13.8 Å². The number of ether oxygens (including phenoxy) is 2. The fraction of sp³-hybridized carbons (Fsp3) is 0.786. The second-order valence-corrected chi connectivity index (χ2v) is 15.1. The van der Waals surface area contributed by atoms with Crippen molar-refractivity contribution in [2.75, 3.05) is 33.0 Å². The summed E-state index contributed by atoms with van der Waals surface area (Å²) < 4.78 is 33.3. The number of phosphoric acid groups is 1. The van der Waals surface area contributed by atoms with Crippen molar-refractivity contribution in [3.63, 3.8) is 0 Å². The first kappa shape index (κ1) is 50.4. The average Bonchev–Trinajstić information content (AvgIpc) is 3.13. The SMILES string of the molecule is CC/C=C\C/C=C\C/C=C\C/C=C\CCCCC(=O)O[C@H](COCCCCCCCCCCCCCCCCCC)COP(=O)(O)OC[C@@H](O)CO. The van der Waals surface area contributed by atoms with Gasteiger partial charge in [0.05, 0.1) is 26.4 Å². The lowest BCUT2D eigenvalue weighted by molar-refractivity contribution is -0.154. The van der Waals surface area contributed by atoms with Crippen LogP contribution < -0.4 is 0 Å². The Kier molecular flexibility index (Phi) is 37.9. The number of hydrogen-bond donors (Lipinski definition) is 3. The number of aliphatic hydroxyl groups is 2. The topological polar surface area (TPSA) is 132 Å². The molecule has 0 radical (unpaired) electrons. The van der Waals surface area contributed by atoms with Gasteiger partial charge in [-0.25, -0.2) is 4.57 Å². The van der Waals surface area contributed by atoms with Gasteiger partial charge >= 0.3 is 13.8 Å². The second kappa shape index (κ2) is 39.1. The molecule has 0 aromatic carbocycles. The Hall–Kier alpha value is -1.58. The third kappa shape index (κ3) is 38.2. The van der Waals surface area contributed by atoms with Crippen LogP contribution in [0.15, 0.2) is 48.6 Å². The summed E-state index contributed by atoms with van der Waals surface area (Å²) in [6.07, 6.45) is 42.1. The van der Waals surface area contributed by atoms with Crippen molar-refractivity contribution in [3.05, 3.63) is 48.6 Å². The van der Waals surface area contributed by atoms with Crippen LogP contribution >= 0.6 is 7.82 Å². The Labute approximate surface area is 317 Å². The molecule has 0 heterocycles. The minimum absolute atomic E-state index is 0.0334. The lowest BCUT2D eigenvalue weighted by atomic mass is 10.0. The molecule has 3 atom stereocenters. The molecule has 52 heavy (non-hydrogen) atoms. The maximum absolute atomic E-state index is 12.6. The second-order valence-electron chi connectivity index (χ2n) is 13.6. The zero-order valence-corrected chi connectivity index (χ0v) is 33.9. The molecule has 0 rings (SSSR count). The van der Waals surface area contributed by atoms with Crippen molar-refractivity contribution < 1.29 is 43.0 Å². The Morgan fingerprint density at radius 2 is 1.10 bits per heavy atom. The van der Waals surface area contributed by atoms with Crippen LogP contribution in [-0.2, 0) is 27.9 Å². The lowest BCUT2D eigenvalue weighted by Crippen LogP contribution is -2.29. The molecule has 0 aromatic heterocycles. The van der Waals surface area contributed by atoms with Gasteiger partial charge in [0.2, 0.25) is 0 Å². The van der Waals surface area contributed by atoms with Crippen molar-refractivity contribution in [2.45, 2.75) is 180 Å². The van der Waals surface area contributed by atoms with Gasteiger partial charge in [-0.2, -0.15) is 0 Å². The van der Waals surface area contributed by atoms with Crippen molar-refractivity contribution >= 4 is 13.8 Å². The molecular weight excluding hydrogens is 679 g/mol. The molecule has 0 saturated heterocycles. The van der Waals surface area contributed by atoms with Crippen molar-refractivity contribution in [1.29, 1.82) is 0 Å². The Morgan fingerprint density at radius 1 is 0.615 bits per heavy atom. The van der Waals surface area contributed by atoms with Gasteiger partial charge < -0.3 is 24.6 Å². The quantitative estimate of drug-likeness (QED) is 0.0243. The van der Waals surface area contributed by atoms with Crippen LogP contribution in [0.2, 0.25) is 0 Å². The van der Waals surface area contributed by atoms with Crippen LogP contribution in [0.3, 0.4) is 0 Å². The van der Waals surface area contributed by atoms with Gasteiger partial charge in [-0.15, -0.1) is 0 Å². The third-order valence-corrected chi connectivity index (χ3v) is 9.48. The number of hydrogen-bond acceptors (Lipinski definition) is 8. The summed E-state index contributed by atoms with van der Waals surface area (Å²) >= 11 is 0. The van der Waals surface area contributed by atoms with Gasteiger partial charge in [0, 0.05) is 13.0 Å². The largest absolute Gasteiger partial charge is 0.472 e. The Morgan fingerprint density at radius 3 is 1.62 bits per heavy atom. The molecule has 0 aliphatic heterocycles. The minimum atomic E-state index is -4.52. The fourth-order valence-electron chi connectivity index (χ4n) is 5.40. The summed E-state index contributed by atoms with van der Waals surface area (Å²) in [6, 6.07) is 0. The molecule has 3 N–H and O–H groups in total. The monoisotopic (exact) mass is 757 g/mol. The standard InChI is InChI=1S/C42H77O9P/c1-3-5-7-9-11-13-15-17-19-21-23-25-27-29-31-33-35-48-38-41(39-50-52(46,47)49-37-40(44)36-43)51-42(45)34-32-30-28-26-24-22-20-18-16-14-12-10-8-6-4-2/h6,8,12,14,18,20,24,26,40-41,43-44H,3-5,7,9-11,13,15-17,19,21-23,25,27-39H2,1-2H3,(H,46,47)/b8-6-,14-12-,20-18-,26-24-/t40-,41+/m0/s1. The molecule has 0 saturated carbocycles. The van der Waals surface area contributed by atoms with Gasteiger partial charge in [-0.05, 0) is 51.4 Å². The Bertz CT molecular complexity index is 950. The minimum Gasteiger partial charge on any atom is -0.457 e. The van der Waals surface area contributed by atoms with Crippen LogP contribution in [0.1, 0.15) is 168 Å². The van der Waals surface area contributed by atoms with E-state index in [0.717, 1.165) is 57.8 Å². The fourth-order valence-corrected chi connectivity index (χ4v) is 6.19. The molecule has 304 valence electrons. The van der Waals surface area contributed by atoms with Crippen molar-refractivity contribution in [1.82, 2.24) is 0 Å². The first-order valence-electron chi connectivity index (χ1n) is 20.6. The van der Waals surface area contributed by atoms with E-state index < -0.39 is 45.8 Å². The molecule has 0 aliphatic carbocycles. The number of rotatable bonds is 39. The van der Waals surface area contributed by atoms with E-state index in [1.807, 2.05) is 0 Å². The maximum atomic E-state index is 12.6. The first-order valence-corrected chi connectivity index (χ1v) is 22.1. The zero-order valence-electron chi connectivity index (χ0n) is 33.0. The smallest absolute Gasteiger partial charge is 0.457 e. The maximum Gasteiger partial charge on any atom is 0.472 e. The van der Waals surface area contributed by atoms with E-state index >= 15 is 0 Å². The highest BCUT2D eigenvalue weighted by Gasteiger charge is 2.26. The zero-order chi connectivity index (χ0) is 38.2. The predicted octanol–water partition coefficient (Wildman–Crippen LogP) is 11.0. The molecule has 10 heteroatoms. The molecule has 0 spiro atoms. The highest BCUT2D eigenvalue weighted by Crippen LogP contribution is 2.43. The molecular formula is C42H77O9P. The van der Waals surface area contributed by atoms with E-state index in [-0.39, 0.29) is 13.0 Å². The highest BCUT2D eigenvalue weighted by atomic mass is 31.2. The van der Waals surface area contributed by atoms with Crippen LogP contribution in [0.5, 0.6) is 0 Å². The first-order chi connectivity index (χ1) is 25.3. The van der Waals surface area contributed by atoms with Crippen LogP contribution in [-0.4, -0.2) is 66.3 Å². The summed E-state index contributed by atoms with van der Waals surface area (Å²) in [6.45, 7) is 3.35. The van der Waals surface area contributed by atoms with Gasteiger partial charge in [0.1, 0.15) is 12.2 Å². The number of carbonyl (C=O) groups excluding carboxylic acids is 1. The van der Waals surface area contributed by atoms with E-state index in [4.69, 9.17) is 23.6 Å².